The Hall–Kier alpha value is -0.200. The molecule has 2 aliphatic heterocycles. The first-order chi connectivity index (χ1) is 10.3. The lowest BCUT2D eigenvalue weighted by Gasteiger charge is -2.43. The molecule has 0 radical (unpaired) electrons. The monoisotopic (exact) mass is 299 g/mol. The first-order valence-corrected chi connectivity index (χ1v) is 8.63. The topological polar surface area (TPSA) is 59.0 Å². The highest BCUT2D eigenvalue weighted by atomic mass is 16.3. The summed E-state index contributed by atoms with van der Waals surface area (Å²) in [7, 11) is 2.13. The number of aliphatic hydroxyl groups excluding tert-OH is 2. The summed E-state index contributed by atoms with van der Waals surface area (Å²) in [5.74, 6) is 0.669. The van der Waals surface area contributed by atoms with Crippen molar-refractivity contribution in [3.8, 4) is 0 Å². The van der Waals surface area contributed by atoms with Crippen molar-refractivity contribution < 1.29 is 10.2 Å². The van der Waals surface area contributed by atoms with Gasteiger partial charge in [-0.3, -0.25) is 9.80 Å². The summed E-state index contributed by atoms with van der Waals surface area (Å²) in [5.41, 5.74) is 0. The Balaban J connectivity index is 1.93. The number of nitrogens with zero attached hydrogens (tertiary/aromatic N) is 2. The highest BCUT2D eigenvalue weighted by molar-refractivity contribution is 4.88. The van der Waals surface area contributed by atoms with Crippen molar-refractivity contribution in [1.82, 2.24) is 15.1 Å². The van der Waals surface area contributed by atoms with Gasteiger partial charge in [0.2, 0.25) is 0 Å². The quantitative estimate of drug-likeness (QED) is 0.624. The smallest absolute Gasteiger partial charge is 0.0558 e. The van der Waals surface area contributed by atoms with Crippen molar-refractivity contribution in [3.05, 3.63) is 0 Å². The molecule has 2 heterocycles. The number of aliphatic hydroxyl groups is 2. The number of likely N-dealkylation sites (tertiary alicyclic amines) is 1. The zero-order chi connectivity index (χ0) is 15.1. The van der Waals surface area contributed by atoms with E-state index in [4.69, 9.17) is 0 Å². The van der Waals surface area contributed by atoms with Gasteiger partial charge in [0.15, 0.2) is 0 Å². The number of hydrogen-bond donors (Lipinski definition) is 3. The maximum atomic E-state index is 9.28. The van der Waals surface area contributed by atoms with Gasteiger partial charge in [-0.25, -0.2) is 0 Å². The molecule has 0 aromatic rings. The predicted octanol–water partition coefficient (Wildman–Crippen LogP) is 0.126. The number of piperidine rings is 2. The molecule has 2 rings (SSSR count). The molecule has 0 saturated carbocycles. The summed E-state index contributed by atoms with van der Waals surface area (Å²) in [6, 6.07) is 1.09. The Labute approximate surface area is 129 Å². The molecule has 3 unspecified atom stereocenters. The van der Waals surface area contributed by atoms with E-state index in [1.54, 1.807) is 0 Å². The molecule has 124 valence electrons. The maximum Gasteiger partial charge on any atom is 0.0558 e. The SMILES string of the molecule is CN(CCO)C1CNCCC1CN1CCCCC1CCO. The van der Waals surface area contributed by atoms with E-state index in [2.05, 4.69) is 22.2 Å². The maximum absolute atomic E-state index is 9.28. The Kier molecular flexibility index (Phi) is 7.40. The Morgan fingerprint density at radius 2 is 2.05 bits per heavy atom. The van der Waals surface area contributed by atoms with Crippen LogP contribution in [-0.2, 0) is 0 Å². The third kappa shape index (κ3) is 4.89. The summed E-state index contributed by atoms with van der Waals surface area (Å²) < 4.78 is 0. The van der Waals surface area contributed by atoms with E-state index in [9.17, 15) is 10.2 Å². The van der Waals surface area contributed by atoms with Crippen molar-refractivity contribution in [1.29, 1.82) is 0 Å². The lowest BCUT2D eigenvalue weighted by Crippen LogP contribution is -2.55. The van der Waals surface area contributed by atoms with Crippen molar-refractivity contribution >= 4 is 0 Å². The fourth-order valence-corrected chi connectivity index (χ4v) is 4.03. The van der Waals surface area contributed by atoms with Crippen molar-refractivity contribution in [3.63, 3.8) is 0 Å². The second-order valence-corrected chi connectivity index (χ2v) is 6.68. The summed E-state index contributed by atoms with van der Waals surface area (Å²) in [4.78, 5) is 4.93. The van der Waals surface area contributed by atoms with Crippen LogP contribution in [0.2, 0.25) is 0 Å². The van der Waals surface area contributed by atoms with Crippen molar-refractivity contribution in [2.45, 2.75) is 44.2 Å². The van der Waals surface area contributed by atoms with Gasteiger partial charge in [0.1, 0.15) is 0 Å². The molecular weight excluding hydrogens is 266 g/mol. The average molecular weight is 299 g/mol. The van der Waals surface area contributed by atoms with Crippen LogP contribution in [0.25, 0.3) is 0 Å². The van der Waals surface area contributed by atoms with Gasteiger partial charge in [0.05, 0.1) is 6.61 Å². The molecule has 0 bridgehead atoms. The fourth-order valence-electron chi connectivity index (χ4n) is 4.03. The van der Waals surface area contributed by atoms with E-state index in [0.717, 1.165) is 32.6 Å². The number of nitrogens with one attached hydrogen (secondary N) is 1. The van der Waals surface area contributed by atoms with Crippen LogP contribution in [0.4, 0.5) is 0 Å². The van der Waals surface area contributed by atoms with Crippen LogP contribution in [-0.4, -0.2) is 85.1 Å². The average Bonchev–Trinajstić information content (AvgIpc) is 2.50. The highest BCUT2D eigenvalue weighted by Gasteiger charge is 2.32. The minimum absolute atomic E-state index is 0.233. The number of rotatable bonds is 7. The highest BCUT2D eigenvalue weighted by Crippen LogP contribution is 2.25. The van der Waals surface area contributed by atoms with Crippen LogP contribution in [0.1, 0.15) is 32.1 Å². The molecule has 2 saturated heterocycles. The van der Waals surface area contributed by atoms with E-state index >= 15 is 0 Å². The summed E-state index contributed by atoms with van der Waals surface area (Å²) in [6.45, 7) is 5.75. The van der Waals surface area contributed by atoms with Gasteiger partial charge in [0, 0.05) is 38.3 Å². The van der Waals surface area contributed by atoms with E-state index < -0.39 is 0 Å². The van der Waals surface area contributed by atoms with Gasteiger partial charge in [-0.2, -0.15) is 0 Å². The summed E-state index contributed by atoms with van der Waals surface area (Å²) in [5, 5.41) is 22.0. The Morgan fingerprint density at radius 3 is 2.81 bits per heavy atom. The minimum atomic E-state index is 0.233. The normalized spacial score (nSPS) is 31.7. The standard InChI is InChI=1S/C16H33N3O2/c1-18(9-11-21)16-12-17-7-5-14(16)13-19-8-3-2-4-15(19)6-10-20/h14-17,20-21H,2-13H2,1H3. The third-order valence-corrected chi connectivity index (χ3v) is 5.29. The lowest BCUT2D eigenvalue weighted by atomic mass is 9.89. The molecule has 5 heteroatoms. The van der Waals surface area contributed by atoms with E-state index in [-0.39, 0.29) is 6.61 Å². The zero-order valence-electron chi connectivity index (χ0n) is 13.5. The van der Waals surface area contributed by atoms with Crippen LogP contribution >= 0.6 is 0 Å². The number of likely N-dealkylation sites (N-methyl/N-ethyl adjacent to an activating group) is 1. The summed E-state index contributed by atoms with van der Waals surface area (Å²) in [6.07, 6.45) is 5.97. The third-order valence-electron chi connectivity index (χ3n) is 5.29. The van der Waals surface area contributed by atoms with E-state index in [0.29, 0.717) is 24.6 Å². The van der Waals surface area contributed by atoms with Gasteiger partial charge < -0.3 is 15.5 Å². The fraction of sp³-hybridized carbons (Fsp3) is 1.00. The molecule has 0 aromatic heterocycles. The van der Waals surface area contributed by atoms with E-state index in [1.165, 1.54) is 32.2 Å². The Morgan fingerprint density at radius 1 is 1.19 bits per heavy atom. The number of hydrogen-bond acceptors (Lipinski definition) is 5. The van der Waals surface area contributed by atoms with Gasteiger partial charge in [-0.05, 0) is 51.7 Å². The molecular formula is C16H33N3O2. The van der Waals surface area contributed by atoms with Crippen molar-refractivity contribution in [2.75, 3.05) is 53.0 Å². The molecule has 0 aromatic carbocycles. The first kappa shape index (κ1) is 17.2. The van der Waals surface area contributed by atoms with Crippen LogP contribution < -0.4 is 5.32 Å². The summed E-state index contributed by atoms with van der Waals surface area (Å²) >= 11 is 0. The molecule has 2 fully saturated rings. The molecule has 2 aliphatic rings. The van der Waals surface area contributed by atoms with Gasteiger partial charge in [-0.1, -0.05) is 6.42 Å². The molecule has 3 atom stereocenters. The van der Waals surface area contributed by atoms with E-state index in [1.807, 2.05) is 0 Å². The predicted molar refractivity (Wildman–Crippen MR) is 85.4 cm³/mol. The van der Waals surface area contributed by atoms with Gasteiger partial charge in [0.25, 0.3) is 0 Å². The molecule has 0 aliphatic carbocycles. The van der Waals surface area contributed by atoms with Gasteiger partial charge >= 0.3 is 0 Å². The molecule has 0 spiro atoms. The largest absolute Gasteiger partial charge is 0.396 e. The second kappa shape index (κ2) is 9.06. The van der Waals surface area contributed by atoms with Gasteiger partial charge in [-0.15, -0.1) is 0 Å². The molecule has 3 N–H and O–H groups in total. The first-order valence-electron chi connectivity index (χ1n) is 8.63. The van der Waals surface area contributed by atoms with Crippen LogP contribution in [0.15, 0.2) is 0 Å². The lowest BCUT2D eigenvalue weighted by molar-refractivity contribution is 0.0541. The van der Waals surface area contributed by atoms with Crippen LogP contribution in [0.5, 0.6) is 0 Å². The van der Waals surface area contributed by atoms with Crippen molar-refractivity contribution in [2.24, 2.45) is 5.92 Å². The zero-order valence-corrected chi connectivity index (χ0v) is 13.5. The second-order valence-electron chi connectivity index (χ2n) is 6.68. The molecule has 0 amide bonds. The Bertz CT molecular complexity index is 289. The van der Waals surface area contributed by atoms with Crippen LogP contribution in [0.3, 0.4) is 0 Å². The minimum Gasteiger partial charge on any atom is -0.396 e. The van der Waals surface area contributed by atoms with Crippen LogP contribution in [0, 0.1) is 5.92 Å². The molecule has 21 heavy (non-hydrogen) atoms. The molecule has 5 nitrogen and oxygen atoms in total.